The second-order valence-corrected chi connectivity index (χ2v) is 4.90. The molecule has 24 heavy (non-hydrogen) atoms. The van der Waals surface area contributed by atoms with Gasteiger partial charge in [0.2, 0.25) is 11.7 Å². The van der Waals surface area contributed by atoms with Crippen LogP contribution in [0.2, 0.25) is 0 Å². The number of rotatable bonds is 6. The standard InChI is InChI=1S/C17H17N3O4/c1-24-13-9-5-8-12(10-13)19-17(23)15(21)14(16(22)20-18)11-6-3-2-4-7-11/h2-10,14H,18H2,1H3,(H,19,23)(H,20,22)/t14-/m0/s1. The van der Waals surface area contributed by atoms with Gasteiger partial charge >= 0.3 is 0 Å². The highest BCUT2D eigenvalue weighted by Crippen LogP contribution is 2.20. The molecule has 0 fully saturated rings. The zero-order chi connectivity index (χ0) is 17.5. The van der Waals surface area contributed by atoms with Gasteiger partial charge in [-0.15, -0.1) is 0 Å². The number of hydrogen-bond donors (Lipinski definition) is 3. The topological polar surface area (TPSA) is 111 Å². The number of ether oxygens (including phenoxy) is 1. The number of nitrogens with one attached hydrogen (secondary N) is 2. The van der Waals surface area contributed by atoms with Crippen LogP contribution in [0.3, 0.4) is 0 Å². The minimum atomic E-state index is -1.32. The highest BCUT2D eigenvalue weighted by atomic mass is 16.5. The second kappa shape index (κ2) is 7.89. The Labute approximate surface area is 138 Å². The van der Waals surface area contributed by atoms with Gasteiger partial charge in [-0.3, -0.25) is 19.8 Å². The molecule has 0 saturated heterocycles. The first-order chi connectivity index (χ1) is 11.6. The summed E-state index contributed by atoms with van der Waals surface area (Å²) in [5, 5.41) is 2.46. The van der Waals surface area contributed by atoms with Crippen molar-refractivity contribution in [2.24, 2.45) is 5.84 Å². The van der Waals surface area contributed by atoms with Crippen LogP contribution in [0.4, 0.5) is 5.69 Å². The lowest BCUT2D eigenvalue weighted by molar-refractivity contribution is -0.139. The SMILES string of the molecule is COc1cccc(NC(=O)C(=O)[C@@H](C(=O)NN)c2ccccc2)c1. The van der Waals surface area contributed by atoms with E-state index in [1.807, 2.05) is 5.43 Å². The number of carbonyl (C=O) groups is 3. The minimum absolute atomic E-state index is 0.381. The third-order valence-electron chi connectivity index (χ3n) is 3.35. The van der Waals surface area contributed by atoms with Crippen molar-refractivity contribution in [1.29, 1.82) is 0 Å². The van der Waals surface area contributed by atoms with E-state index in [9.17, 15) is 14.4 Å². The number of Topliss-reactive ketones (excluding diaryl/α,β-unsaturated/α-hetero) is 1. The molecule has 0 aliphatic rings. The number of amides is 2. The summed E-state index contributed by atoms with van der Waals surface area (Å²) in [6.45, 7) is 0. The van der Waals surface area contributed by atoms with Gasteiger partial charge in [-0.25, -0.2) is 5.84 Å². The molecule has 0 bridgehead atoms. The van der Waals surface area contributed by atoms with Gasteiger partial charge in [-0.1, -0.05) is 36.4 Å². The van der Waals surface area contributed by atoms with Crippen LogP contribution in [0.25, 0.3) is 0 Å². The lowest BCUT2D eigenvalue weighted by Crippen LogP contribution is -2.41. The molecule has 0 aromatic heterocycles. The summed E-state index contributed by atoms with van der Waals surface area (Å²) in [6.07, 6.45) is 0. The molecule has 124 valence electrons. The maximum Gasteiger partial charge on any atom is 0.292 e. The van der Waals surface area contributed by atoms with Gasteiger partial charge in [0.25, 0.3) is 5.91 Å². The zero-order valence-electron chi connectivity index (χ0n) is 13.0. The number of anilines is 1. The molecule has 0 aliphatic carbocycles. The first-order valence-corrected chi connectivity index (χ1v) is 7.11. The molecule has 0 aliphatic heterocycles. The van der Waals surface area contributed by atoms with Gasteiger partial charge in [0.1, 0.15) is 11.7 Å². The third kappa shape index (κ3) is 3.96. The maximum absolute atomic E-state index is 12.4. The monoisotopic (exact) mass is 327 g/mol. The van der Waals surface area contributed by atoms with Crippen LogP contribution in [0.5, 0.6) is 5.75 Å². The molecule has 0 spiro atoms. The fraction of sp³-hybridized carbons (Fsp3) is 0.118. The molecule has 7 heteroatoms. The van der Waals surface area contributed by atoms with Crippen molar-refractivity contribution in [2.75, 3.05) is 12.4 Å². The lowest BCUT2D eigenvalue weighted by atomic mass is 9.93. The Morgan fingerprint density at radius 1 is 1.04 bits per heavy atom. The Balaban J connectivity index is 2.22. The maximum atomic E-state index is 12.4. The molecule has 2 aromatic rings. The third-order valence-corrected chi connectivity index (χ3v) is 3.35. The van der Waals surface area contributed by atoms with E-state index in [4.69, 9.17) is 10.6 Å². The normalized spacial score (nSPS) is 11.2. The lowest BCUT2D eigenvalue weighted by Gasteiger charge is -2.14. The molecule has 2 amide bonds. The zero-order valence-corrected chi connectivity index (χ0v) is 13.0. The van der Waals surface area contributed by atoms with E-state index < -0.39 is 23.5 Å². The van der Waals surface area contributed by atoms with Crippen LogP contribution >= 0.6 is 0 Å². The van der Waals surface area contributed by atoms with Crippen molar-refractivity contribution in [1.82, 2.24) is 5.43 Å². The molecule has 0 saturated carbocycles. The predicted molar refractivity (Wildman–Crippen MR) is 88.1 cm³/mol. The summed E-state index contributed by atoms with van der Waals surface area (Å²) in [5.74, 6) is 1.76. The molecule has 4 N–H and O–H groups in total. The van der Waals surface area contributed by atoms with E-state index in [-0.39, 0.29) is 0 Å². The van der Waals surface area contributed by atoms with E-state index in [0.29, 0.717) is 17.0 Å². The fourth-order valence-electron chi connectivity index (χ4n) is 2.18. The molecular formula is C17H17N3O4. The van der Waals surface area contributed by atoms with Crippen LogP contribution in [-0.4, -0.2) is 24.7 Å². The van der Waals surface area contributed by atoms with Crippen molar-refractivity contribution in [3.63, 3.8) is 0 Å². The quantitative estimate of drug-likeness (QED) is 0.241. The first kappa shape index (κ1) is 17.2. The average Bonchev–Trinajstić information content (AvgIpc) is 2.62. The number of hydrazine groups is 1. The first-order valence-electron chi connectivity index (χ1n) is 7.11. The molecule has 0 heterocycles. The second-order valence-electron chi connectivity index (χ2n) is 4.90. The minimum Gasteiger partial charge on any atom is -0.497 e. The van der Waals surface area contributed by atoms with Crippen molar-refractivity contribution >= 4 is 23.3 Å². The molecule has 1 atom stereocenters. The summed E-state index contributed by atoms with van der Waals surface area (Å²) in [5.41, 5.74) is 2.68. The van der Waals surface area contributed by atoms with Gasteiger partial charge < -0.3 is 10.1 Å². The van der Waals surface area contributed by atoms with E-state index >= 15 is 0 Å². The van der Waals surface area contributed by atoms with E-state index in [2.05, 4.69) is 5.32 Å². The Bertz CT molecular complexity index is 747. The number of carbonyl (C=O) groups excluding carboxylic acids is 3. The van der Waals surface area contributed by atoms with Crippen LogP contribution in [0, 0.1) is 0 Å². The van der Waals surface area contributed by atoms with E-state index in [1.54, 1.807) is 54.6 Å². The van der Waals surface area contributed by atoms with Crippen LogP contribution in [0.15, 0.2) is 54.6 Å². The summed E-state index contributed by atoms with van der Waals surface area (Å²) < 4.78 is 5.05. The molecular weight excluding hydrogens is 310 g/mol. The van der Waals surface area contributed by atoms with Crippen molar-refractivity contribution in [2.45, 2.75) is 5.92 Å². The fourth-order valence-corrected chi connectivity index (χ4v) is 2.18. The summed E-state index contributed by atoms with van der Waals surface area (Å²) in [6, 6.07) is 14.8. The predicted octanol–water partition coefficient (Wildman–Crippen LogP) is 0.976. The van der Waals surface area contributed by atoms with Gasteiger partial charge in [0, 0.05) is 11.8 Å². The van der Waals surface area contributed by atoms with Gasteiger partial charge in [0.05, 0.1) is 7.11 Å². The Morgan fingerprint density at radius 2 is 1.75 bits per heavy atom. The number of methoxy groups -OCH3 is 1. The van der Waals surface area contributed by atoms with Gasteiger partial charge in [-0.05, 0) is 17.7 Å². The number of nitrogens with two attached hydrogens (primary N) is 1. The number of hydrogen-bond acceptors (Lipinski definition) is 5. The van der Waals surface area contributed by atoms with Gasteiger partial charge in [0.15, 0.2) is 0 Å². The molecule has 2 aromatic carbocycles. The largest absolute Gasteiger partial charge is 0.497 e. The average molecular weight is 327 g/mol. The van der Waals surface area contributed by atoms with Crippen LogP contribution < -0.4 is 21.3 Å². The smallest absolute Gasteiger partial charge is 0.292 e. The Hall–Kier alpha value is -3.19. The van der Waals surface area contributed by atoms with Crippen LogP contribution in [-0.2, 0) is 14.4 Å². The number of benzene rings is 2. The number of ketones is 1. The Kier molecular flexibility index (Phi) is 5.64. The van der Waals surface area contributed by atoms with Crippen molar-refractivity contribution in [3.05, 3.63) is 60.2 Å². The molecule has 0 unspecified atom stereocenters. The highest BCUT2D eigenvalue weighted by molar-refractivity contribution is 6.45. The summed E-state index contributed by atoms with van der Waals surface area (Å²) in [4.78, 5) is 36.6. The Morgan fingerprint density at radius 3 is 2.38 bits per heavy atom. The van der Waals surface area contributed by atoms with Crippen molar-refractivity contribution < 1.29 is 19.1 Å². The highest BCUT2D eigenvalue weighted by Gasteiger charge is 2.32. The summed E-state index contributed by atoms with van der Waals surface area (Å²) >= 11 is 0. The molecule has 2 rings (SSSR count). The van der Waals surface area contributed by atoms with Gasteiger partial charge in [-0.2, -0.15) is 0 Å². The van der Waals surface area contributed by atoms with Crippen molar-refractivity contribution in [3.8, 4) is 5.75 Å². The van der Waals surface area contributed by atoms with E-state index in [0.717, 1.165) is 0 Å². The molecule has 0 radical (unpaired) electrons. The van der Waals surface area contributed by atoms with Crippen LogP contribution in [0.1, 0.15) is 11.5 Å². The summed E-state index contributed by atoms with van der Waals surface area (Å²) in [7, 11) is 1.49. The van der Waals surface area contributed by atoms with E-state index in [1.165, 1.54) is 7.11 Å². The molecule has 7 nitrogen and oxygen atoms in total.